The zero-order valence-corrected chi connectivity index (χ0v) is 19.9. The molecule has 0 saturated heterocycles. The fraction of sp³-hybridized carbons (Fsp3) is 0.148. The smallest absolute Gasteiger partial charge is 0.262 e. The predicted octanol–water partition coefficient (Wildman–Crippen LogP) is 3.29. The van der Waals surface area contributed by atoms with Crippen molar-refractivity contribution in [1.29, 1.82) is 0 Å². The molecule has 0 spiro atoms. The number of aliphatic hydroxyl groups excluding tert-OH is 1. The summed E-state index contributed by atoms with van der Waals surface area (Å²) in [5, 5.41) is 12.8. The van der Waals surface area contributed by atoms with E-state index in [0.717, 1.165) is 11.8 Å². The predicted molar refractivity (Wildman–Crippen MR) is 137 cm³/mol. The van der Waals surface area contributed by atoms with Crippen molar-refractivity contribution < 1.29 is 19.5 Å². The maximum Gasteiger partial charge on any atom is 0.262 e. The van der Waals surface area contributed by atoms with Crippen LogP contribution in [-0.4, -0.2) is 44.5 Å². The van der Waals surface area contributed by atoms with Crippen molar-refractivity contribution in [2.75, 3.05) is 17.7 Å². The number of benzene rings is 3. The molecule has 0 saturated carbocycles. The highest BCUT2D eigenvalue weighted by atomic mass is 32.2. The van der Waals surface area contributed by atoms with Gasteiger partial charge in [0.1, 0.15) is 0 Å². The van der Waals surface area contributed by atoms with Gasteiger partial charge >= 0.3 is 0 Å². The van der Waals surface area contributed by atoms with Crippen LogP contribution in [0.25, 0.3) is 10.9 Å². The average molecular weight is 500 g/mol. The number of hydrogen-bond acceptors (Lipinski definition) is 7. The highest BCUT2D eigenvalue weighted by molar-refractivity contribution is 7.99. The SMILES string of the molecule is O=C(CSc1nc2ccccc2c(=O)n1CCCO)Nc1cccc2c1C(=O)c1ccccc1C2=O. The van der Waals surface area contributed by atoms with Crippen molar-refractivity contribution in [3.63, 3.8) is 0 Å². The Balaban J connectivity index is 1.40. The van der Waals surface area contributed by atoms with Gasteiger partial charge in [-0.05, 0) is 24.6 Å². The first-order valence-electron chi connectivity index (χ1n) is 11.3. The summed E-state index contributed by atoms with van der Waals surface area (Å²) < 4.78 is 1.46. The van der Waals surface area contributed by atoms with Gasteiger partial charge in [-0.2, -0.15) is 0 Å². The fourth-order valence-electron chi connectivity index (χ4n) is 4.25. The van der Waals surface area contributed by atoms with Crippen molar-refractivity contribution in [3.8, 4) is 0 Å². The van der Waals surface area contributed by atoms with Gasteiger partial charge < -0.3 is 10.4 Å². The van der Waals surface area contributed by atoms with Gasteiger partial charge in [0, 0.05) is 29.8 Å². The number of aliphatic hydroxyl groups is 1. The second-order valence-electron chi connectivity index (χ2n) is 8.21. The number of nitrogens with one attached hydrogen (secondary N) is 1. The number of aromatic nitrogens is 2. The molecule has 5 rings (SSSR count). The summed E-state index contributed by atoms with van der Waals surface area (Å²) in [6.07, 6.45) is 0.369. The molecule has 2 N–H and O–H groups in total. The van der Waals surface area contributed by atoms with Crippen molar-refractivity contribution in [1.82, 2.24) is 9.55 Å². The molecule has 1 amide bonds. The van der Waals surface area contributed by atoms with Gasteiger partial charge in [0.25, 0.3) is 5.56 Å². The Kier molecular flexibility index (Phi) is 6.49. The topological polar surface area (TPSA) is 118 Å². The van der Waals surface area contributed by atoms with E-state index in [1.165, 1.54) is 4.57 Å². The molecule has 0 bridgehead atoms. The van der Waals surface area contributed by atoms with Crippen molar-refractivity contribution in [3.05, 3.63) is 99.3 Å². The third-order valence-electron chi connectivity index (χ3n) is 5.93. The van der Waals surface area contributed by atoms with E-state index in [2.05, 4.69) is 10.3 Å². The second-order valence-corrected chi connectivity index (χ2v) is 9.16. The first-order valence-corrected chi connectivity index (χ1v) is 12.3. The van der Waals surface area contributed by atoms with Gasteiger partial charge in [0.15, 0.2) is 16.7 Å². The minimum Gasteiger partial charge on any atom is -0.396 e. The number of rotatable bonds is 7. The molecule has 180 valence electrons. The van der Waals surface area contributed by atoms with E-state index >= 15 is 0 Å². The van der Waals surface area contributed by atoms with Crippen LogP contribution >= 0.6 is 11.8 Å². The van der Waals surface area contributed by atoms with E-state index in [0.29, 0.717) is 33.6 Å². The van der Waals surface area contributed by atoms with E-state index in [9.17, 15) is 24.3 Å². The van der Waals surface area contributed by atoms with Crippen molar-refractivity contribution in [2.24, 2.45) is 0 Å². The lowest BCUT2D eigenvalue weighted by molar-refractivity contribution is -0.113. The lowest BCUT2D eigenvalue weighted by Gasteiger charge is -2.20. The van der Waals surface area contributed by atoms with Crippen LogP contribution in [0, 0.1) is 0 Å². The van der Waals surface area contributed by atoms with E-state index in [1.54, 1.807) is 66.7 Å². The Labute approximate surface area is 210 Å². The molecule has 3 aromatic carbocycles. The number of fused-ring (bicyclic) bond motifs is 3. The first kappa shape index (κ1) is 23.7. The van der Waals surface area contributed by atoms with Crippen LogP contribution in [0.1, 0.15) is 38.3 Å². The molecule has 0 aliphatic heterocycles. The van der Waals surface area contributed by atoms with Crippen LogP contribution < -0.4 is 10.9 Å². The summed E-state index contributed by atoms with van der Waals surface area (Å²) in [6, 6.07) is 18.4. The molecule has 9 heteroatoms. The molecule has 1 aliphatic rings. The Morgan fingerprint density at radius 2 is 1.58 bits per heavy atom. The number of amides is 1. The van der Waals surface area contributed by atoms with Gasteiger partial charge in [0.2, 0.25) is 5.91 Å². The molecule has 0 unspecified atom stereocenters. The fourth-order valence-corrected chi connectivity index (χ4v) is 5.07. The third-order valence-corrected chi connectivity index (χ3v) is 6.90. The average Bonchev–Trinajstić information content (AvgIpc) is 2.90. The second kappa shape index (κ2) is 9.88. The van der Waals surface area contributed by atoms with Gasteiger partial charge in [-0.3, -0.25) is 23.7 Å². The number of carbonyl (C=O) groups excluding carboxylic acids is 3. The molecule has 0 atom stereocenters. The zero-order chi connectivity index (χ0) is 25.2. The summed E-state index contributed by atoms with van der Waals surface area (Å²) >= 11 is 1.09. The van der Waals surface area contributed by atoms with E-state index < -0.39 is 5.91 Å². The molecule has 1 aliphatic carbocycles. The summed E-state index contributed by atoms with van der Waals surface area (Å²) in [5.41, 5.74) is 1.61. The molecular formula is C27H21N3O5S. The number of ketones is 2. The third kappa shape index (κ3) is 4.23. The molecule has 36 heavy (non-hydrogen) atoms. The molecule has 1 aromatic heterocycles. The molecule has 4 aromatic rings. The number of nitrogens with zero attached hydrogens (tertiary/aromatic N) is 2. The van der Waals surface area contributed by atoms with E-state index in [1.807, 2.05) is 0 Å². The number of hydrogen-bond donors (Lipinski definition) is 2. The molecule has 0 radical (unpaired) electrons. The maximum atomic E-state index is 13.2. The van der Waals surface area contributed by atoms with Crippen LogP contribution in [-0.2, 0) is 11.3 Å². The standard InChI is InChI=1S/C27H21N3O5S/c31-14-6-13-30-26(35)18-9-3-4-11-20(18)29-27(30)36-15-22(32)28-21-12-5-10-19-23(21)25(34)17-8-2-1-7-16(17)24(19)33/h1-5,7-12,31H,6,13-15H2,(H,28,32). The molecule has 0 fully saturated rings. The molecular weight excluding hydrogens is 478 g/mol. The van der Waals surface area contributed by atoms with Crippen LogP contribution in [0.15, 0.2) is 76.7 Å². The number of carbonyl (C=O) groups is 3. The maximum absolute atomic E-state index is 13.2. The highest BCUT2D eigenvalue weighted by Crippen LogP contribution is 2.32. The quantitative estimate of drug-likeness (QED) is 0.261. The number of para-hydroxylation sites is 1. The Bertz CT molecular complexity index is 1590. The highest BCUT2D eigenvalue weighted by Gasteiger charge is 2.31. The summed E-state index contributed by atoms with van der Waals surface area (Å²) in [5.74, 6) is -1.08. The lowest BCUT2D eigenvalue weighted by atomic mass is 9.83. The van der Waals surface area contributed by atoms with Crippen LogP contribution in [0.4, 0.5) is 5.69 Å². The van der Waals surface area contributed by atoms with Crippen LogP contribution in [0.5, 0.6) is 0 Å². The summed E-state index contributed by atoms with van der Waals surface area (Å²) in [6.45, 7) is 0.179. The van der Waals surface area contributed by atoms with Gasteiger partial charge in [-0.15, -0.1) is 0 Å². The summed E-state index contributed by atoms with van der Waals surface area (Å²) in [7, 11) is 0. The molecule has 8 nitrogen and oxygen atoms in total. The minimum atomic E-state index is -0.413. The monoisotopic (exact) mass is 499 g/mol. The van der Waals surface area contributed by atoms with Crippen molar-refractivity contribution in [2.45, 2.75) is 18.1 Å². The Morgan fingerprint density at radius 1 is 0.889 bits per heavy atom. The first-order chi connectivity index (χ1) is 17.5. The zero-order valence-electron chi connectivity index (χ0n) is 19.1. The number of thioether (sulfide) groups is 1. The van der Waals surface area contributed by atoms with Gasteiger partial charge in [-0.1, -0.05) is 60.3 Å². The minimum absolute atomic E-state index is 0.0771. The normalized spacial score (nSPS) is 12.4. The Hall–Kier alpha value is -4.08. The van der Waals surface area contributed by atoms with Crippen LogP contribution in [0.3, 0.4) is 0 Å². The van der Waals surface area contributed by atoms with E-state index in [4.69, 9.17) is 0 Å². The van der Waals surface area contributed by atoms with Crippen LogP contribution in [0.2, 0.25) is 0 Å². The lowest BCUT2D eigenvalue weighted by Crippen LogP contribution is -2.26. The molecule has 1 heterocycles. The Morgan fingerprint density at radius 3 is 2.36 bits per heavy atom. The largest absolute Gasteiger partial charge is 0.396 e. The summed E-state index contributed by atoms with van der Waals surface area (Å²) in [4.78, 5) is 56.5. The van der Waals surface area contributed by atoms with E-state index in [-0.39, 0.29) is 52.8 Å². The van der Waals surface area contributed by atoms with Crippen molar-refractivity contribution >= 4 is 45.8 Å². The number of anilines is 1. The van der Waals surface area contributed by atoms with Gasteiger partial charge in [0.05, 0.1) is 27.9 Å². The van der Waals surface area contributed by atoms with Gasteiger partial charge in [-0.25, -0.2) is 4.98 Å².